The molecule has 2 unspecified atom stereocenters. The van der Waals surface area contributed by atoms with Gasteiger partial charge in [0, 0.05) is 30.7 Å². The van der Waals surface area contributed by atoms with Gasteiger partial charge in [0.2, 0.25) is 0 Å². The predicted octanol–water partition coefficient (Wildman–Crippen LogP) is 2.79. The summed E-state index contributed by atoms with van der Waals surface area (Å²) in [6.07, 6.45) is 1.19. The zero-order chi connectivity index (χ0) is 14.0. The first-order chi connectivity index (χ1) is 8.99. The summed E-state index contributed by atoms with van der Waals surface area (Å²) in [6, 6.07) is 6.67. The van der Waals surface area contributed by atoms with E-state index in [2.05, 4.69) is 43.7 Å². The number of aromatic hydroxyl groups is 1. The normalized spacial score (nSPS) is 24.1. The number of hydrogen-bond acceptors (Lipinski definition) is 3. The second-order valence-electron chi connectivity index (χ2n) is 5.94. The van der Waals surface area contributed by atoms with Crippen LogP contribution >= 0.6 is 0 Å². The van der Waals surface area contributed by atoms with Crippen molar-refractivity contribution in [3.8, 4) is 5.75 Å². The zero-order valence-corrected chi connectivity index (χ0v) is 12.6. The van der Waals surface area contributed by atoms with E-state index >= 15 is 0 Å². The molecule has 1 aromatic rings. The Labute approximate surface area is 116 Å². The Balaban J connectivity index is 2.22. The minimum atomic E-state index is 0.265. The molecule has 0 radical (unpaired) electrons. The van der Waals surface area contributed by atoms with Crippen LogP contribution in [0.1, 0.15) is 37.4 Å². The number of rotatable bonds is 2. The lowest BCUT2D eigenvalue weighted by Gasteiger charge is -2.34. The van der Waals surface area contributed by atoms with E-state index in [1.807, 2.05) is 12.1 Å². The summed E-state index contributed by atoms with van der Waals surface area (Å²) in [6.45, 7) is 9.92. The monoisotopic (exact) mass is 262 g/mol. The van der Waals surface area contributed by atoms with Crippen molar-refractivity contribution in [2.45, 2.75) is 39.3 Å². The smallest absolute Gasteiger partial charge is 0.120 e. The van der Waals surface area contributed by atoms with Gasteiger partial charge in [-0.3, -0.25) is 4.90 Å². The van der Waals surface area contributed by atoms with E-state index in [1.165, 1.54) is 12.0 Å². The average Bonchev–Trinajstić information content (AvgIpc) is 2.52. The molecule has 1 heterocycles. The summed E-state index contributed by atoms with van der Waals surface area (Å²) >= 11 is 0. The van der Waals surface area contributed by atoms with Gasteiger partial charge >= 0.3 is 0 Å². The molecule has 0 bridgehead atoms. The molecule has 1 aliphatic rings. The number of phenolic OH excluding ortho intramolecular Hbond substituents is 1. The van der Waals surface area contributed by atoms with Gasteiger partial charge in [0.05, 0.1) is 0 Å². The summed E-state index contributed by atoms with van der Waals surface area (Å²) in [7, 11) is 2.19. The third-order valence-corrected chi connectivity index (χ3v) is 4.23. The maximum Gasteiger partial charge on any atom is 0.120 e. The van der Waals surface area contributed by atoms with E-state index in [4.69, 9.17) is 0 Å². The molecular weight excluding hydrogens is 236 g/mol. The molecule has 1 fully saturated rings. The molecule has 2 rings (SSSR count). The Bertz CT molecular complexity index is 433. The van der Waals surface area contributed by atoms with Crippen LogP contribution in [0, 0.1) is 6.92 Å². The lowest BCUT2D eigenvalue weighted by Crippen LogP contribution is -2.39. The molecule has 106 valence electrons. The summed E-state index contributed by atoms with van der Waals surface area (Å²) < 4.78 is 0. The molecule has 3 heteroatoms. The van der Waals surface area contributed by atoms with Gasteiger partial charge in [-0.15, -0.1) is 0 Å². The lowest BCUT2D eigenvalue weighted by atomic mass is 10.0. The molecule has 0 saturated carbocycles. The third kappa shape index (κ3) is 3.28. The summed E-state index contributed by atoms with van der Waals surface area (Å²) in [5.74, 6) is 0.419. The van der Waals surface area contributed by atoms with Crippen LogP contribution in [0.4, 0.5) is 0 Å². The van der Waals surface area contributed by atoms with E-state index in [1.54, 1.807) is 0 Å². The fourth-order valence-corrected chi connectivity index (χ4v) is 3.15. The number of phenols is 1. The standard InChI is InChI=1S/C16H26N2O/c1-12-6-7-16(19)15(10-12)14(3)18-9-5-8-17(4)11-13(18)2/h6-7,10,13-14,19H,5,8-9,11H2,1-4H3. The molecule has 1 aliphatic heterocycles. The Hall–Kier alpha value is -1.06. The van der Waals surface area contributed by atoms with E-state index in [0.717, 1.165) is 25.2 Å². The highest BCUT2D eigenvalue weighted by Gasteiger charge is 2.26. The maximum atomic E-state index is 10.1. The highest BCUT2D eigenvalue weighted by Crippen LogP contribution is 2.31. The molecule has 1 saturated heterocycles. The van der Waals surface area contributed by atoms with Gasteiger partial charge in [-0.2, -0.15) is 0 Å². The number of likely N-dealkylation sites (N-methyl/N-ethyl adjacent to an activating group) is 1. The van der Waals surface area contributed by atoms with Crippen molar-refractivity contribution in [3.05, 3.63) is 29.3 Å². The number of hydrogen-bond donors (Lipinski definition) is 1. The highest BCUT2D eigenvalue weighted by atomic mass is 16.3. The predicted molar refractivity (Wildman–Crippen MR) is 79.5 cm³/mol. The molecule has 3 nitrogen and oxygen atoms in total. The summed E-state index contributed by atoms with van der Waals surface area (Å²) in [5.41, 5.74) is 2.26. The second kappa shape index (κ2) is 5.93. The fraction of sp³-hybridized carbons (Fsp3) is 0.625. The fourth-order valence-electron chi connectivity index (χ4n) is 3.15. The van der Waals surface area contributed by atoms with Crippen molar-refractivity contribution in [3.63, 3.8) is 0 Å². The molecule has 2 atom stereocenters. The van der Waals surface area contributed by atoms with E-state index < -0.39 is 0 Å². The van der Waals surface area contributed by atoms with Crippen molar-refractivity contribution in [2.24, 2.45) is 0 Å². The van der Waals surface area contributed by atoms with Crippen molar-refractivity contribution in [1.82, 2.24) is 9.80 Å². The third-order valence-electron chi connectivity index (χ3n) is 4.23. The van der Waals surface area contributed by atoms with Crippen LogP contribution in [0.3, 0.4) is 0 Å². The van der Waals surface area contributed by atoms with Gasteiger partial charge in [0.15, 0.2) is 0 Å². The molecule has 1 aromatic carbocycles. The van der Waals surface area contributed by atoms with Crippen LogP contribution in [-0.2, 0) is 0 Å². The Morgan fingerprint density at radius 3 is 2.79 bits per heavy atom. The van der Waals surface area contributed by atoms with Crippen molar-refractivity contribution < 1.29 is 5.11 Å². The quantitative estimate of drug-likeness (QED) is 0.888. The number of nitrogens with zero attached hydrogens (tertiary/aromatic N) is 2. The summed E-state index contributed by atoms with van der Waals surface area (Å²) in [4.78, 5) is 4.91. The van der Waals surface area contributed by atoms with Gasteiger partial charge < -0.3 is 10.0 Å². The first kappa shape index (κ1) is 14.4. The van der Waals surface area contributed by atoms with E-state index in [0.29, 0.717) is 11.8 Å². The van der Waals surface area contributed by atoms with Crippen LogP contribution in [0.5, 0.6) is 5.75 Å². The minimum absolute atomic E-state index is 0.265. The lowest BCUT2D eigenvalue weighted by molar-refractivity contribution is 0.151. The van der Waals surface area contributed by atoms with E-state index in [-0.39, 0.29) is 6.04 Å². The number of aryl methyl sites for hydroxylation is 1. The van der Waals surface area contributed by atoms with Gasteiger partial charge in [0.25, 0.3) is 0 Å². The summed E-state index contributed by atoms with van der Waals surface area (Å²) in [5, 5.41) is 10.1. The molecule has 1 N–H and O–H groups in total. The zero-order valence-electron chi connectivity index (χ0n) is 12.6. The maximum absolute atomic E-state index is 10.1. The molecular formula is C16H26N2O. The van der Waals surface area contributed by atoms with Gasteiger partial charge in [-0.1, -0.05) is 17.7 Å². The highest BCUT2D eigenvalue weighted by molar-refractivity contribution is 5.37. The first-order valence-electron chi connectivity index (χ1n) is 7.23. The van der Waals surface area contributed by atoms with Crippen LogP contribution in [0.2, 0.25) is 0 Å². The SMILES string of the molecule is Cc1ccc(O)c(C(C)N2CCCN(C)CC2C)c1. The van der Waals surface area contributed by atoms with Crippen molar-refractivity contribution >= 4 is 0 Å². The van der Waals surface area contributed by atoms with Gasteiger partial charge in [-0.05, 0) is 46.9 Å². The topological polar surface area (TPSA) is 26.7 Å². The Morgan fingerprint density at radius 1 is 1.32 bits per heavy atom. The van der Waals surface area contributed by atoms with Crippen LogP contribution in [0.25, 0.3) is 0 Å². The average molecular weight is 262 g/mol. The van der Waals surface area contributed by atoms with Crippen molar-refractivity contribution in [2.75, 3.05) is 26.7 Å². The van der Waals surface area contributed by atoms with E-state index in [9.17, 15) is 5.11 Å². The Morgan fingerprint density at radius 2 is 2.05 bits per heavy atom. The van der Waals surface area contributed by atoms with Gasteiger partial charge in [0.1, 0.15) is 5.75 Å². The molecule has 0 amide bonds. The Kier molecular flexibility index (Phi) is 4.48. The van der Waals surface area contributed by atoms with Gasteiger partial charge in [-0.25, -0.2) is 0 Å². The molecule has 0 aliphatic carbocycles. The second-order valence-corrected chi connectivity index (χ2v) is 5.94. The number of benzene rings is 1. The molecule has 0 spiro atoms. The van der Waals surface area contributed by atoms with Crippen LogP contribution in [0.15, 0.2) is 18.2 Å². The molecule has 0 aromatic heterocycles. The largest absolute Gasteiger partial charge is 0.508 e. The first-order valence-corrected chi connectivity index (χ1v) is 7.23. The van der Waals surface area contributed by atoms with Crippen LogP contribution in [-0.4, -0.2) is 47.6 Å². The molecule has 19 heavy (non-hydrogen) atoms. The van der Waals surface area contributed by atoms with Crippen molar-refractivity contribution in [1.29, 1.82) is 0 Å². The minimum Gasteiger partial charge on any atom is -0.508 e. The van der Waals surface area contributed by atoms with Crippen LogP contribution < -0.4 is 0 Å².